The molecule has 0 aliphatic heterocycles. The topological polar surface area (TPSA) is 20.2 Å². The van der Waals surface area contributed by atoms with Gasteiger partial charge in [-0.3, -0.25) is 0 Å². The highest BCUT2D eigenvalue weighted by atomic mass is 19.1. The predicted molar refractivity (Wildman–Crippen MR) is 44.8 cm³/mol. The van der Waals surface area contributed by atoms with Crippen molar-refractivity contribution in [3.63, 3.8) is 0 Å². The van der Waals surface area contributed by atoms with Crippen LogP contribution in [-0.2, 0) is 6.42 Å². The van der Waals surface area contributed by atoms with Gasteiger partial charge in [0.2, 0.25) is 0 Å². The summed E-state index contributed by atoms with van der Waals surface area (Å²) in [6, 6.07) is 3.25. The molecule has 0 heterocycles. The number of rotatable bonds is 0. The van der Waals surface area contributed by atoms with Crippen LogP contribution in [0.2, 0.25) is 0 Å². The van der Waals surface area contributed by atoms with Crippen LogP contribution in [0.15, 0.2) is 12.1 Å². The molecule has 1 N–H and O–H groups in total. The molecular weight excluding hydrogens is 155 g/mol. The van der Waals surface area contributed by atoms with Crippen molar-refractivity contribution < 1.29 is 9.50 Å². The molecule has 0 saturated carbocycles. The van der Waals surface area contributed by atoms with Gasteiger partial charge < -0.3 is 5.11 Å². The van der Waals surface area contributed by atoms with Gasteiger partial charge in [0.15, 0.2) is 11.6 Å². The van der Waals surface area contributed by atoms with Gasteiger partial charge in [-0.25, -0.2) is 4.39 Å². The van der Waals surface area contributed by atoms with E-state index in [1.54, 1.807) is 0 Å². The number of phenols is 1. The Bertz CT molecular complexity index is 320. The number of benzene rings is 1. The van der Waals surface area contributed by atoms with Crippen LogP contribution >= 0.6 is 0 Å². The Morgan fingerprint density at radius 3 is 3.00 bits per heavy atom. The average molecular weight is 166 g/mol. The zero-order chi connectivity index (χ0) is 8.72. The first kappa shape index (κ1) is 7.59. The van der Waals surface area contributed by atoms with Gasteiger partial charge in [0, 0.05) is 0 Å². The first-order valence-electron chi connectivity index (χ1n) is 4.20. The Kier molecular flexibility index (Phi) is 1.56. The zero-order valence-corrected chi connectivity index (χ0v) is 6.97. The molecule has 12 heavy (non-hydrogen) atoms. The summed E-state index contributed by atoms with van der Waals surface area (Å²) < 4.78 is 13.3. The van der Waals surface area contributed by atoms with Crippen molar-refractivity contribution in [2.45, 2.75) is 25.7 Å². The summed E-state index contributed by atoms with van der Waals surface area (Å²) in [4.78, 5) is 0. The SMILES string of the molecule is CC1CCc2ccc(O)c(F)c21. The molecule has 2 heteroatoms. The molecule has 0 bridgehead atoms. The second-order valence-corrected chi connectivity index (χ2v) is 3.41. The van der Waals surface area contributed by atoms with Gasteiger partial charge in [-0.05, 0) is 36.0 Å². The van der Waals surface area contributed by atoms with E-state index in [2.05, 4.69) is 0 Å². The van der Waals surface area contributed by atoms with Gasteiger partial charge in [0.1, 0.15) is 0 Å². The van der Waals surface area contributed by atoms with Gasteiger partial charge in [-0.2, -0.15) is 0 Å². The maximum Gasteiger partial charge on any atom is 0.168 e. The molecule has 64 valence electrons. The Hall–Kier alpha value is -1.05. The van der Waals surface area contributed by atoms with Crippen LogP contribution in [-0.4, -0.2) is 5.11 Å². The third-order valence-electron chi connectivity index (χ3n) is 2.59. The van der Waals surface area contributed by atoms with Gasteiger partial charge in [-0.15, -0.1) is 0 Å². The molecule has 0 amide bonds. The number of phenolic OH excluding ortho intramolecular Hbond substituents is 1. The van der Waals surface area contributed by atoms with Crippen LogP contribution in [0.3, 0.4) is 0 Å². The molecule has 0 aromatic heterocycles. The molecule has 1 nitrogen and oxygen atoms in total. The first-order chi connectivity index (χ1) is 5.70. The molecule has 0 spiro atoms. The third-order valence-corrected chi connectivity index (χ3v) is 2.59. The number of fused-ring (bicyclic) bond motifs is 1. The fourth-order valence-electron chi connectivity index (χ4n) is 1.89. The summed E-state index contributed by atoms with van der Waals surface area (Å²) >= 11 is 0. The molecule has 1 aliphatic rings. The Balaban J connectivity index is 2.63. The number of aromatic hydroxyl groups is 1. The quantitative estimate of drug-likeness (QED) is 0.628. The summed E-state index contributed by atoms with van der Waals surface area (Å²) in [5, 5.41) is 9.13. The van der Waals surface area contributed by atoms with Crippen LogP contribution in [0, 0.1) is 5.82 Å². The molecule has 0 radical (unpaired) electrons. The molecule has 0 fully saturated rings. The smallest absolute Gasteiger partial charge is 0.168 e. The van der Waals surface area contributed by atoms with Crippen molar-refractivity contribution in [2.24, 2.45) is 0 Å². The maximum absolute atomic E-state index is 13.3. The van der Waals surface area contributed by atoms with E-state index < -0.39 is 5.82 Å². The van der Waals surface area contributed by atoms with E-state index in [0.29, 0.717) is 0 Å². The van der Waals surface area contributed by atoms with Crippen molar-refractivity contribution in [1.82, 2.24) is 0 Å². The largest absolute Gasteiger partial charge is 0.505 e. The molecule has 1 unspecified atom stereocenters. The highest BCUT2D eigenvalue weighted by Crippen LogP contribution is 2.37. The lowest BCUT2D eigenvalue weighted by atomic mass is 10.0. The zero-order valence-electron chi connectivity index (χ0n) is 6.97. The number of hydrogen-bond donors (Lipinski definition) is 1. The van der Waals surface area contributed by atoms with E-state index >= 15 is 0 Å². The Morgan fingerprint density at radius 1 is 1.50 bits per heavy atom. The summed E-state index contributed by atoms with van der Waals surface area (Å²) in [5.74, 6) is -0.382. The van der Waals surface area contributed by atoms with Crippen LogP contribution < -0.4 is 0 Å². The standard InChI is InChI=1S/C10H11FO/c1-6-2-3-7-4-5-8(12)10(11)9(6)7/h4-6,12H,2-3H2,1H3. The second kappa shape index (κ2) is 2.47. The van der Waals surface area contributed by atoms with Crippen molar-refractivity contribution in [3.05, 3.63) is 29.1 Å². The Morgan fingerprint density at radius 2 is 2.25 bits per heavy atom. The number of hydrogen-bond acceptors (Lipinski definition) is 1. The summed E-state index contributed by atoms with van der Waals surface area (Å²) in [7, 11) is 0. The van der Waals surface area contributed by atoms with Crippen LogP contribution in [0.4, 0.5) is 4.39 Å². The summed E-state index contributed by atoms with van der Waals surface area (Å²) in [5.41, 5.74) is 1.77. The fourth-order valence-corrected chi connectivity index (χ4v) is 1.89. The number of aryl methyl sites for hydroxylation is 1. The van der Waals surface area contributed by atoms with E-state index in [1.165, 1.54) is 6.07 Å². The minimum absolute atomic E-state index is 0.220. The lowest BCUT2D eigenvalue weighted by molar-refractivity contribution is 0.427. The minimum atomic E-state index is -0.419. The normalized spacial score (nSPS) is 21.0. The summed E-state index contributed by atoms with van der Waals surface area (Å²) in [6.45, 7) is 1.99. The van der Waals surface area contributed by atoms with E-state index in [4.69, 9.17) is 5.11 Å². The molecule has 1 aliphatic carbocycles. The monoisotopic (exact) mass is 166 g/mol. The minimum Gasteiger partial charge on any atom is -0.505 e. The van der Waals surface area contributed by atoms with Crippen molar-refractivity contribution in [3.8, 4) is 5.75 Å². The van der Waals surface area contributed by atoms with Crippen molar-refractivity contribution in [2.75, 3.05) is 0 Å². The van der Waals surface area contributed by atoms with Crippen molar-refractivity contribution >= 4 is 0 Å². The van der Waals surface area contributed by atoms with Crippen molar-refractivity contribution in [1.29, 1.82) is 0 Å². The van der Waals surface area contributed by atoms with E-state index in [1.807, 2.05) is 13.0 Å². The van der Waals surface area contributed by atoms with E-state index in [-0.39, 0.29) is 11.7 Å². The highest BCUT2D eigenvalue weighted by Gasteiger charge is 2.23. The van der Waals surface area contributed by atoms with Gasteiger partial charge in [0.05, 0.1) is 0 Å². The lowest BCUT2D eigenvalue weighted by Crippen LogP contribution is -1.92. The number of halogens is 1. The van der Waals surface area contributed by atoms with E-state index in [9.17, 15) is 4.39 Å². The predicted octanol–water partition coefficient (Wildman–Crippen LogP) is 2.58. The van der Waals surface area contributed by atoms with Gasteiger partial charge in [-0.1, -0.05) is 13.0 Å². The van der Waals surface area contributed by atoms with E-state index in [0.717, 1.165) is 24.0 Å². The van der Waals surface area contributed by atoms with Gasteiger partial charge >= 0.3 is 0 Å². The Labute approximate surface area is 70.8 Å². The molecule has 1 atom stereocenters. The molecule has 1 aromatic carbocycles. The lowest BCUT2D eigenvalue weighted by Gasteiger charge is -2.06. The maximum atomic E-state index is 13.3. The summed E-state index contributed by atoms with van der Waals surface area (Å²) in [6.07, 6.45) is 1.93. The first-order valence-corrected chi connectivity index (χ1v) is 4.20. The third kappa shape index (κ3) is 0.909. The van der Waals surface area contributed by atoms with Crippen LogP contribution in [0.1, 0.15) is 30.4 Å². The highest BCUT2D eigenvalue weighted by molar-refractivity contribution is 5.41. The molecule has 1 aromatic rings. The van der Waals surface area contributed by atoms with Gasteiger partial charge in [0.25, 0.3) is 0 Å². The second-order valence-electron chi connectivity index (χ2n) is 3.41. The fraction of sp³-hybridized carbons (Fsp3) is 0.400. The average Bonchev–Trinajstić information content (AvgIpc) is 2.41. The molecule has 0 saturated heterocycles. The molecular formula is C10H11FO. The van der Waals surface area contributed by atoms with Crippen LogP contribution in [0.25, 0.3) is 0 Å². The van der Waals surface area contributed by atoms with Crippen LogP contribution in [0.5, 0.6) is 5.75 Å². The molecule has 2 rings (SSSR count).